The molecule has 4 N–H and O–H groups in total. The maximum Gasteiger partial charge on any atom is 0.276 e. The summed E-state index contributed by atoms with van der Waals surface area (Å²) in [7, 11) is 0. The molecule has 0 bridgehead atoms. The quantitative estimate of drug-likeness (QED) is 0.439. The van der Waals surface area contributed by atoms with Crippen LogP contribution in [-0.2, 0) is 0 Å². The predicted molar refractivity (Wildman–Crippen MR) is 73.1 cm³/mol. The van der Waals surface area contributed by atoms with Gasteiger partial charge in [-0.1, -0.05) is 6.07 Å². The molecule has 0 spiro atoms. The molecule has 0 radical (unpaired) electrons. The molecule has 100 valence electrons. The van der Waals surface area contributed by atoms with Crippen molar-refractivity contribution in [1.29, 1.82) is 5.26 Å². The summed E-state index contributed by atoms with van der Waals surface area (Å²) in [6.45, 7) is 0. The first kappa shape index (κ1) is 13.3. The molecule has 8 nitrogen and oxygen atoms in total. The lowest BCUT2D eigenvalue weighted by Gasteiger charge is -2.07. The van der Waals surface area contributed by atoms with Crippen molar-refractivity contribution in [2.75, 3.05) is 10.7 Å². The van der Waals surface area contributed by atoms with Crippen molar-refractivity contribution < 1.29 is 4.92 Å². The summed E-state index contributed by atoms with van der Waals surface area (Å²) < 4.78 is 0. The maximum absolute atomic E-state index is 10.8. The molecule has 1 heterocycles. The summed E-state index contributed by atoms with van der Waals surface area (Å²) in [4.78, 5) is 14.3. The van der Waals surface area contributed by atoms with E-state index in [2.05, 4.69) is 15.7 Å². The van der Waals surface area contributed by atoms with Gasteiger partial charge in [-0.2, -0.15) is 5.26 Å². The number of nitro groups is 1. The van der Waals surface area contributed by atoms with Crippen molar-refractivity contribution in [3.8, 4) is 6.07 Å². The van der Waals surface area contributed by atoms with Gasteiger partial charge in [0.05, 0.1) is 28.7 Å². The van der Waals surface area contributed by atoms with Crippen LogP contribution in [0.5, 0.6) is 0 Å². The highest BCUT2D eigenvalue weighted by Gasteiger charge is 2.11. The van der Waals surface area contributed by atoms with E-state index >= 15 is 0 Å². The van der Waals surface area contributed by atoms with E-state index in [1.54, 1.807) is 24.3 Å². The first-order chi connectivity index (χ1) is 9.62. The number of hydrogen-bond donors (Lipinski definition) is 3. The van der Waals surface area contributed by atoms with E-state index in [0.29, 0.717) is 11.3 Å². The first-order valence-corrected chi connectivity index (χ1v) is 5.52. The number of nitrogens with two attached hydrogens (primary N) is 1. The molecule has 0 amide bonds. The molecular weight excluding hydrogens is 260 g/mol. The van der Waals surface area contributed by atoms with Crippen LogP contribution in [0.1, 0.15) is 5.56 Å². The molecule has 1 aromatic heterocycles. The number of nitrogens with zero attached hydrogens (tertiary/aromatic N) is 3. The second-order valence-corrected chi connectivity index (χ2v) is 3.81. The van der Waals surface area contributed by atoms with Crippen molar-refractivity contribution in [2.24, 2.45) is 5.84 Å². The molecule has 20 heavy (non-hydrogen) atoms. The van der Waals surface area contributed by atoms with Gasteiger partial charge in [-0.25, -0.2) is 10.8 Å². The van der Waals surface area contributed by atoms with E-state index in [4.69, 9.17) is 11.1 Å². The third kappa shape index (κ3) is 2.98. The number of nitrogen functional groups attached to an aromatic ring is 1. The van der Waals surface area contributed by atoms with Crippen molar-refractivity contribution in [1.82, 2.24) is 4.98 Å². The summed E-state index contributed by atoms with van der Waals surface area (Å²) >= 11 is 0. The standard InChI is InChI=1S/C12H10N6O2/c13-7-8-2-1-3-9(4-8)15-11-5-10(18(19)20)6-12(16-11)17-14/h1-6H,14H2,(H2,15,16,17). The summed E-state index contributed by atoms with van der Waals surface area (Å²) in [6, 6.07) is 11.2. The number of hydrazine groups is 1. The maximum atomic E-state index is 10.8. The zero-order valence-electron chi connectivity index (χ0n) is 10.2. The van der Waals surface area contributed by atoms with Gasteiger partial charge in [0.2, 0.25) is 0 Å². The Kier molecular flexibility index (Phi) is 3.74. The average molecular weight is 270 g/mol. The van der Waals surface area contributed by atoms with Crippen LogP contribution in [0.2, 0.25) is 0 Å². The Morgan fingerprint density at radius 1 is 1.30 bits per heavy atom. The van der Waals surface area contributed by atoms with Gasteiger partial charge in [-0.3, -0.25) is 10.1 Å². The molecule has 1 aromatic carbocycles. The number of aromatic nitrogens is 1. The number of anilines is 3. The fourth-order valence-electron chi connectivity index (χ4n) is 1.57. The Balaban J connectivity index is 2.35. The normalized spacial score (nSPS) is 9.60. The number of nitriles is 1. The first-order valence-electron chi connectivity index (χ1n) is 5.52. The molecule has 2 aromatic rings. The van der Waals surface area contributed by atoms with Gasteiger partial charge in [0.15, 0.2) is 0 Å². The number of pyridine rings is 1. The van der Waals surface area contributed by atoms with Crippen LogP contribution in [0.4, 0.5) is 23.0 Å². The van der Waals surface area contributed by atoms with Gasteiger partial charge >= 0.3 is 0 Å². The van der Waals surface area contributed by atoms with Gasteiger partial charge in [0, 0.05) is 5.69 Å². The zero-order valence-corrected chi connectivity index (χ0v) is 10.2. The number of nitrogens with one attached hydrogen (secondary N) is 2. The lowest BCUT2D eigenvalue weighted by atomic mass is 10.2. The highest BCUT2D eigenvalue weighted by Crippen LogP contribution is 2.23. The van der Waals surface area contributed by atoms with Crippen LogP contribution in [0.25, 0.3) is 0 Å². The Morgan fingerprint density at radius 3 is 2.70 bits per heavy atom. The Labute approximate surface area is 114 Å². The van der Waals surface area contributed by atoms with Crippen LogP contribution >= 0.6 is 0 Å². The average Bonchev–Trinajstić information content (AvgIpc) is 2.47. The van der Waals surface area contributed by atoms with Gasteiger partial charge < -0.3 is 10.7 Å². The molecule has 8 heteroatoms. The van der Waals surface area contributed by atoms with Crippen LogP contribution < -0.4 is 16.6 Å². The van der Waals surface area contributed by atoms with Crippen LogP contribution in [0.15, 0.2) is 36.4 Å². The molecule has 0 aliphatic carbocycles. The fraction of sp³-hybridized carbons (Fsp3) is 0. The van der Waals surface area contributed by atoms with Crippen molar-refractivity contribution in [3.05, 3.63) is 52.1 Å². The highest BCUT2D eigenvalue weighted by molar-refractivity contribution is 5.63. The monoisotopic (exact) mass is 270 g/mol. The van der Waals surface area contributed by atoms with E-state index < -0.39 is 4.92 Å². The minimum atomic E-state index is -0.542. The van der Waals surface area contributed by atoms with Crippen LogP contribution in [-0.4, -0.2) is 9.91 Å². The molecule has 0 aliphatic heterocycles. The second kappa shape index (κ2) is 5.64. The lowest BCUT2D eigenvalue weighted by molar-refractivity contribution is -0.384. The van der Waals surface area contributed by atoms with Gasteiger partial charge in [0.25, 0.3) is 5.69 Å². The molecule has 0 saturated carbocycles. The minimum absolute atomic E-state index is 0.146. The third-order valence-electron chi connectivity index (χ3n) is 2.43. The zero-order chi connectivity index (χ0) is 14.5. The van der Waals surface area contributed by atoms with Crippen LogP contribution in [0, 0.1) is 21.4 Å². The van der Waals surface area contributed by atoms with E-state index in [-0.39, 0.29) is 17.3 Å². The summed E-state index contributed by atoms with van der Waals surface area (Å²) in [6.07, 6.45) is 0. The minimum Gasteiger partial charge on any atom is -0.340 e. The van der Waals surface area contributed by atoms with Crippen molar-refractivity contribution in [3.63, 3.8) is 0 Å². The SMILES string of the molecule is N#Cc1cccc(Nc2cc([N+](=O)[O-])cc(NN)n2)c1. The lowest BCUT2D eigenvalue weighted by Crippen LogP contribution is -2.10. The molecule has 0 unspecified atom stereocenters. The Bertz CT molecular complexity index is 695. The molecule has 2 rings (SSSR count). The predicted octanol–water partition coefficient (Wildman–Crippen LogP) is 1.89. The van der Waals surface area contributed by atoms with E-state index in [1.165, 1.54) is 12.1 Å². The van der Waals surface area contributed by atoms with Crippen molar-refractivity contribution in [2.45, 2.75) is 0 Å². The van der Waals surface area contributed by atoms with E-state index in [9.17, 15) is 10.1 Å². The van der Waals surface area contributed by atoms with E-state index in [0.717, 1.165) is 0 Å². The van der Waals surface area contributed by atoms with Crippen LogP contribution in [0.3, 0.4) is 0 Å². The molecule has 0 saturated heterocycles. The summed E-state index contributed by atoms with van der Waals surface area (Å²) in [5, 5.41) is 22.5. The smallest absolute Gasteiger partial charge is 0.276 e. The van der Waals surface area contributed by atoms with Gasteiger partial charge in [0.1, 0.15) is 11.6 Å². The fourth-order valence-corrected chi connectivity index (χ4v) is 1.57. The van der Waals surface area contributed by atoms with E-state index in [1.807, 2.05) is 6.07 Å². The summed E-state index contributed by atoms with van der Waals surface area (Å²) in [5.41, 5.74) is 3.18. The number of benzene rings is 1. The topological polar surface area (TPSA) is 130 Å². The number of hydrogen-bond acceptors (Lipinski definition) is 7. The molecular formula is C12H10N6O2. The molecule has 0 atom stereocenters. The second-order valence-electron chi connectivity index (χ2n) is 3.81. The Morgan fingerprint density at radius 2 is 2.05 bits per heavy atom. The van der Waals surface area contributed by atoms with Gasteiger partial charge in [-0.15, -0.1) is 0 Å². The Hall–Kier alpha value is -3.18. The molecule has 0 aliphatic rings. The summed E-state index contributed by atoms with van der Waals surface area (Å²) in [5.74, 6) is 5.64. The molecule has 0 fully saturated rings. The van der Waals surface area contributed by atoms with Crippen molar-refractivity contribution >= 4 is 23.0 Å². The largest absolute Gasteiger partial charge is 0.340 e. The van der Waals surface area contributed by atoms with Gasteiger partial charge in [-0.05, 0) is 18.2 Å². The number of rotatable bonds is 4. The highest BCUT2D eigenvalue weighted by atomic mass is 16.6. The third-order valence-corrected chi connectivity index (χ3v) is 2.43.